The van der Waals surface area contributed by atoms with Crippen LogP contribution in [0.3, 0.4) is 0 Å². The van der Waals surface area contributed by atoms with Crippen molar-refractivity contribution in [1.82, 2.24) is 34.8 Å². The van der Waals surface area contributed by atoms with E-state index in [2.05, 4.69) is 47.4 Å². The number of aromatic nitrogens is 6. The van der Waals surface area contributed by atoms with Crippen LogP contribution < -0.4 is 10.6 Å². The summed E-state index contributed by atoms with van der Waals surface area (Å²) < 4.78 is 1.86. The summed E-state index contributed by atoms with van der Waals surface area (Å²) in [6.45, 7) is 3.76. The van der Waals surface area contributed by atoms with Crippen LogP contribution in [0, 0.1) is 18.8 Å². The molecule has 0 saturated carbocycles. The number of pyridine rings is 2. The van der Waals surface area contributed by atoms with Crippen molar-refractivity contribution in [1.29, 1.82) is 0 Å². The molecule has 0 aliphatic carbocycles. The number of benzene rings is 1. The summed E-state index contributed by atoms with van der Waals surface area (Å²) in [7, 11) is 3.62. The molecular formula is C27H24N8O. The Morgan fingerprint density at radius 3 is 2.75 bits per heavy atom. The number of likely N-dealkylation sites (N-methyl/N-ethyl adjacent to an activating group) is 1. The highest BCUT2D eigenvalue weighted by atomic mass is 16.2. The van der Waals surface area contributed by atoms with Gasteiger partial charge in [-0.3, -0.25) is 9.78 Å². The lowest BCUT2D eigenvalue weighted by molar-refractivity contribution is -0.117. The standard InChI is InChI=1S/C27H24N8O/c1-16-22-8-6-18(11-19(22)9-10-29-16)5-7-21-12-20(13-23(33-21)34-27(36)17(2)28-3)24-25-26(31-14-30-24)32-15-35(25)4/h6,8-15,17,28H,1-4H3,(H,33,34,36). The Bertz CT molecular complexity index is 1680. The zero-order valence-electron chi connectivity index (χ0n) is 20.4. The number of carbonyl (C=O) groups is 1. The van der Waals surface area contributed by atoms with Crippen molar-refractivity contribution in [3.8, 4) is 23.1 Å². The molecule has 0 fully saturated rings. The minimum atomic E-state index is -0.386. The maximum Gasteiger partial charge on any atom is 0.242 e. The van der Waals surface area contributed by atoms with Crippen LogP contribution in [0.15, 0.2) is 55.2 Å². The first-order valence-electron chi connectivity index (χ1n) is 11.4. The van der Waals surface area contributed by atoms with Crippen LogP contribution in [-0.2, 0) is 11.8 Å². The van der Waals surface area contributed by atoms with Gasteiger partial charge in [-0.05, 0) is 62.5 Å². The minimum absolute atomic E-state index is 0.201. The molecule has 5 aromatic rings. The first-order chi connectivity index (χ1) is 17.4. The van der Waals surface area contributed by atoms with Gasteiger partial charge in [0, 0.05) is 35.5 Å². The highest BCUT2D eigenvalue weighted by Gasteiger charge is 2.16. The van der Waals surface area contributed by atoms with Gasteiger partial charge in [0.05, 0.1) is 18.1 Å². The number of hydrogen-bond acceptors (Lipinski definition) is 7. The Balaban J connectivity index is 1.60. The Labute approximate surface area is 208 Å². The molecule has 0 aliphatic heterocycles. The van der Waals surface area contributed by atoms with Gasteiger partial charge >= 0.3 is 0 Å². The van der Waals surface area contributed by atoms with Gasteiger partial charge in [-0.15, -0.1) is 0 Å². The highest BCUT2D eigenvalue weighted by molar-refractivity contribution is 5.95. The van der Waals surface area contributed by atoms with Crippen molar-refractivity contribution >= 4 is 33.7 Å². The van der Waals surface area contributed by atoms with E-state index in [0.717, 1.165) is 33.1 Å². The predicted molar refractivity (Wildman–Crippen MR) is 139 cm³/mol. The van der Waals surface area contributed by atoms with E-state index in [1.807, 2.05) is 48.9 Å². The summed E-state index contributed by atoms with van der Waals surface area (Å²) in [6, 6.07) is 11.2. The van der Waals surface area contributed by atoms with E-state index in [4.69, 9.17) is 0 Å². The highest BCUT2D eigenvalue weighted by Crippen LogP contribution is 2.27. The second-order valence-electron chi connectivity index (χ2n) is 8.46. The van der Waals surface area contributed by atoms with Crippen LogP contribution >= 0.6 is 0 Å². The van der Waals surface area contributed by atoms with Crippen LogP contribution in [0.1, 0.15) is 23.9 Å². The smallest absolute Gasteiger partial charge is 0.242 e. The molecule has 0 bridgehead atoms. The Morgan fingerprint density at radius 1 is 1.06 bits per heavy atom. The van der Waals surface area contributed by atoms with Gasteiger partial charge in [0.2, 0.25) is 5.91 Å². The minimum Gasteiger partial charge on any atom is -0.331 e. The van der Waals surface area contributed by atoms with Crippen LogP contribution in [0.2, 0.25) is 0 Å². The van der Waals surface area contributed by atoms with Crippen LogP contribution in [0.5, 0.6) is 0 Å². The van der Waals surface area contributed by atoms with Crippen molar-refractivity contribution < 1.29 is 4.79 Å². The number of imidazole rings is 1. The first kappa shape index (κ1) is 23.1. The molecular weight excluding hydrogens is 452 g/mol. The summed E-state index contributed by atoms with van der Waals surface area (Å²) >= 11 is 0. The first-order valence-corrected chi connectivity index (χ1v) is 11.4. The lowest BCUT2D eigenvalue weighted by Gasteiger charge is -2.12. The molecule has 4 aromatic heterocycles. The van der Waals surface area contributed by atoms with Gasteiger partial charge in [-0.25, -0.2) is 19.9 Å². The predicted octanol–water partition coefficient (Wildman–Crippen LogP) is 3.23. The van der Waals surface area contributed by atoms with Gasteiger partial charge in [-0.1, -0.05) is 12.0 Å². The average Bonchev–Trinajstić information content (AvgIpc) is 3.27. The molecule has 0 spiro atoms. The van der Waals surface area contributed by atoms with Crippen molar-refractivity contribution in [3.63, 3.8) is 0 Å². The third kappa shape index (κ3) is 4.50. The average molecular weight is 477 g/mol. The van der Waals surface area contributed by atoms with E-state index in [-0.39, 0.29) is 11.9 Å². The molecule has 36 heavy (non-hydrogen) atoms. The molecule has 1 atom stereocenters. The Morgan fingerprint density at radius 2 is 1.92 bits per heavy atom. The Hall–Kier alpha value is -4.68. The normalized spacial score (nSPS) is 11.8. The summed E-state index contributed by atoms with van der Waals surface area (Å²) in [5, 5.41) is 7.98. The molecule has 2 N–H and O–H groups in total. The van der Waals surface area contributed by atoms with Crippen molar-refractivity contribution in [2.75, 3.05) is 12.4 Å². The summed E-state index contributed by atoms with van der Waals surface area (Å²) in [5.74, 6) is 6.54. The fourth-order valence-electron chi connectivity index (χ4n) is 3.90. The number of fused-ring (bicyclic) bond motifs is 2. The zero-order valence-corrected chi connectivity index (χ0v) is 20.4. The van der Waals surface area contributed by atoms with Gasteiger partial charge in [-0.2, -0.15) is 0 Å². The maximum atomic E-state index is 12.6. The lowest BCUT2D eigenvalue weighted by atomic mass is 10.1. The lowest BCUT2D eigenvalue weighted by Crippen LogP contribution is -2.35. The van der Waals surface area contributed by atoms with Crippen LogP contribution in [-0.4, -0.2) is 48.5 Å². The summed E-state index contributed by atoms with van der Waals surface area (Å²) in [6.07, 6.45) is 4.96. The second kappa shape index (κ2) is 9.52. The van der Waals surface area contributed by atoms with Crippen molar-refractivity contribution in [2.45, 2.75) is 19.9 Å². The van der Waals surface area contributed by atoms with Gasteiger partial charge in [0.15, 0.2) is 5.65 Å². The summed E-state index contributed by atoms with van der Waals surface area (Å²) in [4.78, 5) is 34.6. The second-order valence-corrected chi connectivity index (χ2v) is 8.46. The van der Waals surface area contributed by atoms with Crippen LogP contribution in [0.25, 0.3) is 33.2 Å². The third-order valence-electron chi connectivity index (χ3n) is 5.98. The topological polar surface area (TPSA) is 111 Å². The molecule has 1 unspecified atom stereocenters. The molecule has 9 nitrogen and oxygen atoms in total. The number of nitrogens with zero attached hydrogens (tertiary/aromatic N) is 6. The summed E-state index contributed by atoms with van der Waals surface area (Å²) in [5.41, 5.74) is 5.12. The van der Waals surface area contributed by atoms with Crippen molar-refractivity contribution in [3.05, 3.63) is 72.2 Å². The molecule has 1 amide bonds. The quantitative estimate of drug-likeness (QED) is 0.383. The van der Waals surface area contributed by atoms with E-state index in [1.165, 1.54) is 6.33 Å². The fraction of sp³-hybridized carbons (Fsp3) is 0.185. The van der Waals surface area contributed by atoms with Gasteiger partial charge < -0.3 is 15.2 Å². The van der Waals surface area contributed by atoms with E-state index < -0.39 is 0 Å². The van der Waals surface area contributed by atoms with Gasteiger partial charge in [0.25, 0.3) is 0 Å². The zero-order chi connectivity index (χ0) is 25.2. The molecule has 0 radical (unpaired) electrons. The molecule has 0 aliphatic rings. The number of amides is 1. The molecule has 178 valence electrons. The SMILES string of the molecule is CNC(C)C(=O)Nc1cc(-c2ncnc3ncn(C)c23)cc(C#Cc2ccc3c(C)nccc3c2)n1. The molecule has 0 saturated heterocycles. The van der Waals surface area contributed by atoms with E-state index in [0.29, 0.717) is 22.9 Å². The van der Waals surface area contributed by atoms with Crippen LogP contribution in [0.4, 0.5) is 5.82 Å². The number of aryl methyl sites for hydroxylation is 2. The van der Waals surface area contributed by atoms with E-state index in [9.17, 15) is 4.79 Å². The van der Waals surface area contributed by atoms with Crippen molar-refractivity contribution in [2.24, 2.45) is 7.05 Å². The number of nitrogens with one attached hydrogen (secondary N) is 2. The fourth-order valence-corrected chi connectivity index (χ4v) is 3.90. The van der Waals surface area contributed by atoms with E-state index >= 15 is 0 Å². The third-order valence-corrected chi connectivity index (χ3v) is 5.98. The molecule has 4 heterocycles. The van der Waals surface area contributed by atoms with E-state index in [1.54, 1.807) is 32.6 Å². The number of hydrogen-bond donors (Lipinski definition) is 2. The number of rotatable bonds is 4. The molecule has 1 aromatic carbocycles. The van der Waals surface area contributed by atoms with Gasteiger partial charge in [0.1, 0.15) is 23.4 Å². The molecule has 9 heteroatoms. The number of carbonyl (C=O) groups excluding carboxylic acids is 1. The Kier molecular flexibility index (Phi) is 6.10. The maximum absolute atomic E-state index is 12.6. The number of anilines is 1. The molecule has 5 rings (SSSR count). The largest absolute Gasteiger partial charge is 0.331 e. The monoisotopic (exact) mass is 476 g/mol.